The number of carbonyl (C=O) groups is 1. The van der Waals surface area contributed by atoms with Crippen molar-refractivity contribution in [2.45, 2.75) is 18.9 Å². The van der Waals surface area contributed by atoms with E-state index < -0.39 is 4.92 Å². The second kappa shape index (κ2) is 5.87. The van der Waals surface area contributed by atoms with Crippen LogP contribution in [0.3, 0.4) is 0 Å². The number of rotatable bonds is 4. The molecule has 0 unspecified atom stereocenters. The third kappa shape index (κ3) is 3.45. The van der Waals surface area contributed by atoms with Crippen LogP contribution in [0.2, 0.25) is 0 Å². The summed E-state index contributed by atoms with van der Waals surface area (Å²) in [5.74, 6) is 0.345. The summed E-state index contributed by atoms with van der Waals surface area (Å²) in [5, 5.41) is 22.4. The van der Waals surface area contributed by atoms with E-state index in [4.69, 9.17) is 0 Å². The lowest BCUT2D eigenvalue weighted by molar-refractivity contribution is -0.384. The molecule has 1 fully saturated rings. The number of aliphatic hydroxyl groups is 1. The van der Waals surface area contributed by atoms with Crippen molar-refractivity contribution in [1.82, 2.24) is 4.90 Å². The molecule has 7 heteroatoms. The Bertz CT molecular complexity index is 497. The summed E-state index contributed by atoms with van der Waals surface area (Å²) in [6.45, 7) is 0.593. The van der Waals surface area contributed by atoms with E-state index in [0.717, 1.165) is 12.8 Å². The van der Waals surface area contributed by atoms with E-state index in [2.05, 4.69) is 5.32 Å². The molecule has 0 spiro atoms. The number of urea groups is 1. The average molecular weight is 279 g/mol. The standard InChI is InChI=1S/C13H17N3O4/c1-15(8-9-6-12(17)7-9)13(18)14-10-2-4-11(5-3-10)16(19)20/h2-5,9,12,17H,6-8H2,1H3,(H,14,18). The summed E-state index contributed by atoms with van der Waals surface area (Å²) in [5.41, 5.74) is 0.501. The molecule has 1 aromatic carbocycles. The Morgan fingerprint density at radius 1 is 1.45 bits per heavy atom. The van der Waals surface area contributed by atoms with Gasteiger partial charge in [-0.25, -0.2) is 4.79 Å². The zero-order valence-electron chi connectivity index (χ0n) is 11.2. The number of nitrogens with zero attached hydrogens (tertiary/aromatic N) is 2. The van der Waals surface area contributed by atoms with E-state index in [9.17, 15) is 20.0 Å². The van der Waals surface area contributed by atoms with Gasteiger partial charge in [0, 0.05) is 31.4 Å². The number of nitro groups is 1. The number of carbonyl (C=O) groups excluding carboxylic acids is 1. The van der Waals surface area contributed by atoms with Crippen LogP contribution in [0.25, 0.3) is 0 Å². The predicted octanol–water partition coefficient (Wildman–Crippen LogP) is 1.83. The highest BCUT2D eigenvalue weighted by Crippen LogP contribution is 2.27. The predicted molar refractivity (Wildman–Crippen MR) is 73.5 cm³/mol. The smallest absolute Gasteiger partial charge is 0.321 e. The summed E-state index contributed by atoms with van der Waals surface area (Å²) in [6, 6.07) is 5.42. The number of hydrogen-bond donors (Lipinski definition) is 2. The largest absolute Gasteiger partial charge is 0.393 e. The normalized spacial score (nSPS) is 20.9. The zero-order valence-corrected chi connectivity index (χ0v) is 11.2. The number of nitro benzene ring substituents is 1. The lowest BCUT2D eigenvalue weighted by Gasteiger charge is -2.34. The molecule has 108 valence electrons. The fourth-order valence-corrected chi connectivity index (χ4v) is 2.21. The van der Waals surface area contributed by atoms with Gasteiger partial charge in [-0.3, -0.25) is 10.1 Å². The first-order valence-corrected chi connectivity index (χ1v) is 6.40. The molecule has 0 saturated heterocycles. The molecule has 0 aliphatic heterocycles. The first-order chi connectivity index (χ1) is 9.45. The number of nitrogens with one attached hydrogen (secondary N) is 1. The van der Waals surface area contributed by atoms with Gasteiger partial charge >= 0.3 is 6.03 Å². The molecule has 1 aromatic rings. The fourth-order valence-electron chi connectivity index (χ4n) is 2.21. The van der Waals surface area contributed by atoms with Crippen LogP contribution >= 0.6 is 0 Å². The van der Waals surface area contributed by atoms with Gasteiger partial charge in [-0.15, -0.1) is 0 Å². The highest BCUT2D eigenvalue weighted by molar-refractivity contribution is 5.89. The molecule has 1 aliphatic rings. The van der Waals surface area contributed by atoms with Crippen molar-refractivity contribution < 1.29 is 14.8 Å². The van der Waals surface area contributed by atoms with Gasteiger partial charge in [-0.1, -0.05) is 0 Å². The van der Waals surface area contributed by atoms with Crippen molar-refractivity contribution in [3.63, 3.8) is 0 Å². The molecule has 20 heavy (non-hydrogen) atoms. The average Bonchev–Trinajstić information content (AvgIpc) is 2.37. The second-order valence-electron chi connectivity index (χ2n) is 5.11. The van der Waals surface area contributed by atoms with Crippen LogP contribution < -0.4 is 5.32 Å². The highest BCUT2D eigenvalue weighted by Gasteiger charge is 2.29. The van der Waals surface area contributed by atoms with Crippen molar-refractivity contribution in [1.29, 1.82) is 0 Å². The summed E-state index contributed by atoms with van der Waals surface area (Å²) in [4.78, 5) is 23.5. The van der Waals surface area contributed by atoms with Gasteiger partial charge in [-0.2, -0.15) is 0 Å². The minimum Gasteiger partial charge on any atom is -0.393 e. The third-order valence-electron chi connectivity index (χ3n) is 3.42. The Morgan fingerprint density at radius 2 is 2.05 bits per heavy atom. The lowest BCUT2D eigenvalue weighted by atomic mass is 9.82. The van der Waals surface area contributed by atoms with Gasteiger partial charge in [-0.05, 0) is 30.9 Å². The van der Waals surface area contributed by atoms with Crippen LogP contribution in [0, 0.1) is 16.0 Å². The Balaban J connectivity index is 1.85. The molecule has 2 rings (SSSR count). The zero-order chi connectivity index (χ0) is 14.7. The minimum atomic E-state index is -0.486. The molecule has 0 bridgehead atoms. The molecule has 0 atom stereocenters. The van der Waals surface area contributed by atoms with Crippen molar-refractivity contribution in [3.05, 3.63) is 34.4 Å². The molecule has 0 heterocycles. The number of aliphatic hydroxyl groups excluding tert-OH is 1. The summed E-state index contributed by atoms with van der Waals surface area (Å²) in [6.07, 6.45) is 1.23. The van der Waals surface area contributed by atoms with Gasteiger partial charge in [0.15, 0.2) is 0 Å². The van der Waals surface area contributed by atoms with Gasteiger partial charge in [0.25, 0.3) is 5.69 Å². The van der Waals surface area contributed by atoms with Crippen LogP contribution in [0.5, 0.6) is 0 Å². The van der Waals surface area contributed by atoms with E-state index in [0.29, 0.717) is 18.2 Å². The van der Waals surface area contributed by atoms with E-state index >= 15 is 0 Å². The third-order valence-corrected chi connectivity index (χ3v) is 3.42. The van der Waals surface area contributed by atoms with Crippen LogP contribution in [0.4, 0.5) is 16.2 Å². The Hall–Kier alpha value is -2.15. The van der Waals surface area contributed by atoms with Crippen LogP contribution in [-0.4, -0.2) is 40.7 Å². The lowest BCUT2D eigenvalue weighted by Crippen LogP contribution is -2.41. The molecule has 1 aliphatic carbocycles. The molecule has 7 nitrogen and oxygen atoms in total. The Labute approximate surface area is 116 Å². The SMILES string of the molecule is CN(CC1CC(O)C1)C(=O)Nc1ccc([N+](=O)[O-])cc1. The minimum absolute atomic E-state index is 0.0141. The first-order valence-electron chi connectivity index (χ1n) is 6.40. The number of hydrogen-bond acceptors (Lipinski definition) is 4. The number of benzene rings is 1. The monoisotopic (exact) mass is 279 g/mol. The van der Waals surface area contributed by atoms with Crippen LogP contribution in [0.15, 0.2) is 24.3 Å². The first kappa shape index (κ1) is 14.3. The Morgan fingerprint density at radius 3 is 2.55 bits per heavy atom. The van der Waals surface area contributed by atoms with Crippen molar-refractivity contribution in [2.24, 2.45) is 5.92 Å². The quantitative estimate of drug-likeness (QED) is 0.649. The molecular formula is C13H17N3O4. The maximum absolute atomic E-state index is 11.9. The second-order valence-corrected chi connectivity index (χ2v) is 5.11. The summed E-state index contributed by atoms with van der Waals surface area (Å²) >= 11 is 0. The summed E-state index contributed by atoms with van der Waals surface area (Å²) in [7, 11) is 1.69. The highest BCUT2D eigenvalue weighted by atomic mass is 16.6. The number of anilines is 1. The van der Waals surface area contributed by atoms with E-state index in [-0.39, 0.29) is 17.8 Å². The number of non-ortho nitro benzene ring substituents is 1. The van der Waals surface area contributed by atoms with Gasteiger partial charge in [0.1, 0.15) is 0 Å². The summed E-state index contributed by atoms with van der Waals surface area (Å²) < 4.78 is 0. The molecule has 2 amide bonds. The van der Waals surface area contributed by atoms with E-state index in [1.54, 1.807) is 11.9 Å². The Kier molecular flexibility index (Phi) is 4.19. The van der Waals surface area contributed by atoms with Gasteiger partial charge in [0.05, 0.1) is 11.0 Å². The molecular weight excluding hydrogens is 262 g/mol. The number of amides is 2. The van der Waals surface area contributed by atoms with Gasteiger partial charge in [0.2, 0.25) is 0 Å². The van der Waals surface area contributed by atoms with Gasteiger partial charge < -0.3 is 15.3 Å². The molecule has 1 saturated carbocycles. The van der Waals surface area contributed by atoms with Crippen molar-refractivity contribution in [3.8, 4) is 0 Å². The fraction of sp³-hybridized carbons (Fsp3) is 0.462. The van der Waals surface area contributed by atoms with Crippen molar-refractivity contribution in [2.75, 3.05) is 18.9 Å². The maximum atomic E-state index is 11.9. The molecule has 0 radical (unpaired) electrons. The van der Waals surface area contributed by atoms with Crippen LogP contribution in [-0.2, 0) is 0 Å². The van der Waals surface area contributed by atoms with E-state index in [1.807, 2.05) is 0 Å². The molecule has 2 N–H and O–H groups in total. The van der Waals surface area contributed by atoms with Crippen molar-refractivity contribution >= 4 is 17.4 Å². The maximum Gasteiger partial charge on any atom is 0.321 e. The van der Waals surface area contributed by atoms with Crippen LogP contribution in [0.1, 0.15) is 12.8 Å². The van der Waals surface area contributed by atoms with E-state index in [1.165, 1.54) is 24.3 Å². The topological polar surface area (TPSA) is 95.7 Å². The molecule has 0 aromatic heterocycles.